The lowest BCUT2D eigenvalue weighted by molar-refractivity contribution is -0.276. The third-order valence-electron chi connectivity index (χ3n) is 1.94. The molecular weight excluding hydrogens is 282 g/mol. The number of benzene rings is 1. The van der Waals surface area contributed by atoms with Crippen LogP contribution in [0.4, 0.5) is 26.3 Å². The van der Waals surface area contributed by atoms with Gasteiger partial charge in [-0.2, -0.15) is 13.2 Å². The van der Waals surface area contributed by atoms with Gasteiger partial charge >= 0.3 is 18.5 Å². The monoisotopic (exact) mass is 288 g/mol. The van der Waals surface area contributed by atoms with Gasteiger partial charge < -0.3 is 9.47 Å². The molecule has 9 heteroatoms. The third kappa shape index (κ3) is 3.76. The van der Waals surface area contributed by atoms with E-state index in [0.29, 0.717) is 12.1 Å². The number of carbonyl (C=O) groups excluding carboxylic acids is 1. The number of halogens is 6. The van der Waals surface area contributed by atoms with Gasteiger partial charge in [-0.05, 0) is 12.1 Å². The lowest BCUT2D eigenvalue weighted by Crippen LogP contribution is -2.22. The van der Waals surface area contributed by atoms with Crippen molar-refractivity contribution < 1.29 is 40.6 Å². The molecule has 0 aliphatic rings. The maximum absolute atomic E-state index is 12.7. The molecule has 1 rings (SSSR count). The summed E-state index contributed by atoms with van der Waals surface area (Å²) in [6.45, 7) is 0. The van der Waals surface area contributed by atoms with Gasteiger partial charge in [0.05, 0.1) is 12.7 Å². The van der Waals surface area contributed by atoms with E-state index >= 15 is 0 Å². The fourth-order valence-electron chi connectivity index (χ4n) is 1.31. The molecule has 106 valence electrons. The molecule has 0 spiro atoms. The highest BCUT2D eigenvalue weighted by molar-refractivity contribution is 5.92. The maximum atomic E-state index is 12.7. The van der Waals surface area contributed by atoms with Gasteiger partial charge in [0, 0.05) is 0 Å². The lowest BCUT2D eigenvalue weighted by atomic mass is 10.1. The topological polar surface area (TPSA) is 35.5 Å². The normalized spacial score (nSPS) is 12.2. The summed E-state index contributed by atoms with van der Waals surface area (Å²) in [5, 5.41) is 0. The third-order valence-corrected chi connectivity index (χ3v) is 1.94. The molecule has 0 fully saturated rings. The number of hydrogen-bond donors (Lipinski definition) is 0. The second kappa shape index (κ2) is 4.98. The molecule has 19 heavy (non-hydrogen) atoms. The van der Waals surface area contributed by atoms with Crippen LogP contribution in [0.5, 0.6) is 5.75 Å². The fraction of sp³-hybridized carbons (Fsp3) is 0.300. The standard InChI is InChI=1S/C10H6F6O3/c1-18-8(17)5-3-2-4-6(19-10(14,15)16)7(5)9(11,12)13/h2-4H,1H3. The van der Waals surface area contributed by atoms with E-state index in [1.54, 1.807) is 0 Å². The summed E-state index contributed by atoms with van der Waals surface area (Å²) in [5.74, 6) is -2.93. The zero-order valence-electron chi connectivity index (χ0n) is 9.22. The Kier molecular flexibility index (Phi) is 3.97. The van der Waals surface area contributed by atoms with Gasteiger partial charge in [0.2, 0.25) is 0 Å². The van der Waals surface area contributed by atoms with Crippen molar-refractivity contribution in [2.45, 2.75) is 12.5 Å². The van der Waals surface area contributed by atoms with E-state index in [4.69, 9.17) is 0 Å². The average Bonchev–Trinajstić information content (AvgIpc) is 2.23. The van der Waals surface area contributed by atoms with Crippen LogP contribution in [0.3, 0.4) is 0 Å². The smallest absolute Gasteiger partial charge is 0.465 e. The van der Waals surface area contributed by atoms with E-state index in [9.17, 15) is 31.1 Å². The summed E-state index contributed by atoms with van der Waals surface area (Å²) < 4.78 is 81.6. The van der Waals surface area contributed by atoms with E-state index in [2.05, 4.69) is 9.47 Å². The van der Waals surface area contributed by atoms with Crippen LogP contribution in [0.15, 0.2) is 18.2 Å². The van der Waals surface area contributed by atoms with Crippen molar-refractivity contribution >= 4 is 5.97 Å². The van der Waals surface area contributed by atoms with Crippen molar-refractivity contribution in [3.63, 3.8) is 0 Å². The quantitative estimate of drug-likeness (QED) is 0.618. The minimum Gasteiger partial charge on any atom is -0.465 e. The van der Waals surface area contributed by atoms with Gasteiger partial charge in [0.25, 0.3) is 0 Å². The molecule has 1 aromatic carbocycles. The van der Waals surface area contributed by atoms with Gasteiger partial charge in [-0.25, -0.2) is 4.79 Å². The molecule has 0 aromatic heterocycles. The molecule has 0 bridgehead atoms. The minimum absolute atomic E-state index is 0.461. The molecule has 0 aliphatic carbocycles. The first-order valence-corrected chi connectivity index (χ1v) is 4.60. The Morgan fingerprint density at radius 2 is 1.68 bits per heavy atom. The number of rotatable bonds is 2. The van der Waals surface area contributed by atoms with Crippen molar-refractivity contribution in [1.82, 2.24) is 0 Å². The highest BCUT2D eigenvalue weighted by Crippen LogP contribution is 2.40. The number of hydrogen-bond acceptors (Lipinski definition) is 3. The van der Waals surface area contributed by atoms with Crippen molar-refractivity contribution in [3.8, 4) is 5.75 Å². The number of ether oxygens (including phenoxy) is 2. The predicted molar refractivity (Wildman–Crippen MR) is 49.5 cm³/mol. The predicted octanol–water partition coefficient (Wildman–Crippen LogP) is 3.39. The number of esters is 1. The van der Waals surface area contributed by atoms with Crippen LogP contribution < -0.4 is 4.74 Å². The van der Waals surface area contributed by atoms with Crippen molar-refractivity contribution in [2.24, 2.45) is 0 Å². The van der Waals surface area contributed by atoms with Crippen LogP contribution in [-0.2, 0) is 10.9 Å². The van der Waals surface area contributed by atoms with Gasteiger partial charge in [-0.3, -0.25) is 0 Å². The van der Waals surface area contributed by atoms with E-state index in [-0.39, 0.29) is 0 Å². The van der Waals surface area contributed by atoms with Gasteiger partial charge in [0.15, 0.2) is 0 Å². The molecule has 0 radical (unpaired) electrons. The number of carbonyl (C=O) groups is 1. The van der Waals surface area contributed by atoms with E-state index in [1.807, 2.05) is 0 Å². The number of methoxy groups -OCH3 is 1. The second-order valence-electron chi connectivity index (χ2n) is 3.22. The van der Waals surface area contributed by atoms with Gasteiger partial charge in [-0.1, -0.05) is 6.07 Å². The Morgan fingerprint density at radius 1 is 1.11 bits per heavy atom. The van der Waals surface area contributed by atoms with Crippen molar-refractivity contribution in [1.29, 1.82) is 0 Å². The minimum atomic E-state index is -5.31. The molecule has 0 saturated heterocycles. The molecule has 0 heterocycles. The Balaban J connectivity index is 3.44. The molecule has 0 atom stereocenters. The Labute approximate surface area is 102 Å². The summed E-state index contributed by atoms with van der Waals surface area (Å²) >= 11 is 0. The van der Waals surface area contributed by atoms with Gasteiger partial charge in [-0.15, -0.1) is 13.2 Å². The van der Waals surface area contributed by atoms with E-state index < -0.39 is 35.4 Å². The summed E-state index contributed by atoms with van der Waals surface area (Å²) in [6.07, 6.45) is -10.5. The first kappa shape index (κ1) is 15.1. The number of alkyl halides is 6. The largest absolute Gasteiger partial charge is 0.573 e. The summed E-state index contributed by atoms with van der Waals surface area (Å²) in [7, 11) is 0.805. The Bertz CT molecular complexity index is 477. The molecule has 0 amide bonds. The average molecular weight is 288 g/mol. The molecular formula is C10H6F6O3. The first-order valence-electron chi connectivity index (χ1n) is 4.60. The highest BCUT2D eigenvalue weighted by Gasteiger charge is 2.42. The Morgan fingerprint density at radius 3 is 2.11 bits per heavy atom. The SMILES string of the molecule is COC(=O)c1cccc(OC(F)(F)F)c1C(F)(F)F. The first-order chi connectivity index (χ1) is 8.56. The van der Waals surface area contributed by atoms with Crippen LogP contribution in [0.2, 0.25) is 0 Å². The Hall–Kier alpha value is -1.93. The molecule has 0 unspecified atom stereocenters. The van der Waals surface area contributed by atoms with Crippen LogP contribution in [0, 0.1) is 0 Å². The molecule has 0 saturated carbocycles. The molecule has 0 aliphatic heterocycles. The van der Waals surface area contributed by atoms with Crippen LogP contribution in [0.1, 0.15) is 15.9 Å². The van der Waals surface area contributed by atoms with Crippen molar-refractivity contribution in [3.05, 3.63) is 29.3 Å². The molecule has 1 aromatic rings. The highest BCUT2D eigenvalue weighted by atomic mass is 19.4. The van der Waals surface area contributed by atoms with Gasteiger partial charge in [0.1, 0.15) is 11.3 Å². The summed E-state index contributed by atoms with van der Waals surface area (Å²) in [5.41, 5.74) is -2.89. The van der Waals surface area contributed by atoms with E-state index in [1.165, 1.54) is 0 Å². The van der Waals surface area contributed by atoms with Crippen LogP contribution in [0.25, 0.3) is 0 Å². The van der Waals surface area contributed by atoms with Crippen molar-refractivity contribution in [2.75, 3.05) is 7.11 Å². The fourth-order valence-corrected chi connectivity index (χ4v) is 1.31. The van der Waals surface area contributed by atoms with E-state index in [0.717, 1.165) is 13.2 Å². The summed E-state index contributed by atoms with van der Waals surface area (Å²) in [4.78, 5) is 11.1. The zero-order valence-corrected chi connectivity index (χ0v) is 9.22. The molecule has 0 N–H and O–H groups in total. The van der Waals surface area contributed by atoms with Crippen LogP contribution >= 0.6 is 0 Å². The maximum Gasteiger partial charge on any atom is 0.573 e. The lowest BCUT2D eigenvalue weighted by Gasteiger charge is -2.17. The van der Waals surface area contributed by atoms with Crippen LogP contribution in [-0.4, -0.2) is 19.4 Å². The second-order valence-corrected chi connectivity index (χ2v) is 3.22. The zero-order chi connectivity index (χ0) is 14.8. The molecule has 3 nitrogen and oxygen atoms in total. The summed E-state index contributed by atoms with van der Waals surface area (Å²) in [6, 6.07) is 1.98.